The van der Waals surface area contributed by atoms with Crippen molar-refractivity contribution >= 4 is 0 Å². The molecule has 0 amide bonds. The van der Waals surface area contributed by atoms with Crippen LogP contribution in [0.2, 0.25) is 0 Å². The van der Waals surface area contributed by atoms with Gasteiger partial charge in [0.1, 0.15) is 0 Å². The van der Waals surface area contributed by atoms with Crippen molar-refractivity contribution in [1.82, 2.24) is 0 Å². The molecule has 0 saturated heterocycles. The normalized spacial score (nSPS) is 15.4. The summed E-state index contributed by atoms with van der Waals surface area (Å²) in [7, 11) is 0. The van der Waals surface area contributed by atoms with Gasteiger partial charge in [-0.25, -0.2) is 8.78 Å². The van der Waals surface area contributed by atoms with Crippen molar-refractivity contribution in [3.05, 3.63) is 34.9 Å². The lowest BCUT2D eigenvalue weighted by Crippen LogP contribution is -2.19. The van der Waals surface area contributed by atoms with Gasteiger partial charge in [-0.15, -0.1) is 0 Å². The second-order valence-electron chi connectivity index (χ2n) is 6.81. The molecule has 108 valence electrons. The SMILES string of the molecule is Cc1ccc(C(N)CC(C)CC(C)(C)C)c(F)c1F. The highest BCUT2D eigenvalue weighted by molar-refractivity contribution is 5.27. The summed E-state index contributed by atoms with van der Waals surface area (Å²) >= 11 is 0. The second kappa shape index (κ2) is 6.00. The molecule has 2 N–H and O–H groups in total. The molecule has 0 aliphatic carbocycles. The van der Waals surface area contributed by atoms with E-state index in [1.54, 1.807) is 19.1 Å². The molecule has 1 rings (SSSR count). The van der Waals surface area contributed by atoms with Gasteiger partial charge in [0.05, 0.1) is 0 Å². The molecular weight excluding hydrogens is 244 g/mol. The standard InChI is InChI=1S/C16H25F2N/c1-10(9-16(3,4)5)8-13(19)12-7-6-11(2)14(17)15(12)18/h6-7,10,13H,8-9,19H2,1-5H3. The monoisotopic (exact) mass is 269 g/mol. The average Bonchev–Trinajstić information content (AvgIpc) is 2.23. The zero-order valence-electron chi connectivity index (χ0n) is 12.6. The topological polar surface area (TPSA) is 26.0 Å². The van der Waals surface area contributed by atoms with E-state index in [9.17, 15) is 8.78 Å². The van der Waals surface area contributed by atoms with Crippen molar-refractivity contribution in [3.63, 3.8) is 0 Å². The van der Waals surface area contributed by atoms with E-state index in [1.807, 2.05) is 0 Å². The van der Waals surface area contributed by atoms with Crippen LogP contribution in [0.5, 0.6) is 0 Å². The fourth-order valence-corrected chi connectivity index (χ4v) is 2.64. The maximum absolute atomic E-state index is 13.8. The summed E-state index contributed by atoms with van der Waals surface area (Å²) in [5.41, 5.74) is 6.84. The predicted octanol–water partition coefficient (Wildman–Crippen LogP) is 4.74. The van der Waals surface area contributed by atoms with E-state index in [1.165, 1.54) is 0 Å². The minimum atomic E-state index is -0.796. The van der Waals surface area contributed by atoms with Gasteiger partial charge in [-0.2, -0.15) is 0 Å². The lowest BCUT2D eigenvalue weighted by molar-refractivity contribution is 0.285. The van der Waals surface area contributed by atoms with Gasteiger partial charge in [-0.05, 0) is 36.7 Å². The van der Waals surface area contributed by atoms with E-state index < -0.39 is 17.7 Å². The first-order chi connectivity index (χ1) is 8.61. The molecular formula is C16H25F2N. The van der Waals surface area contributed by atoms with Crippen LogP contribution in [0.4, 0.5) is 8.78 Å². The summed E-state index contributed by atoms with van der Waals surface area (Å²) in [6.45, 7) is 10.2. The van der Waals surface area contributed by atoms with Crippen LogP contribution in [-0.2, 0) is 0 Å². The molecule has 1 aromatic rings. The molecule has 2 unspecified atom stereocenters. The van der Waals surface area contributed by atoms with Gasteiger partial charge in [-0.1, -0.05) is 39.8 Å². The van der Waals surface area contributed by atoms with E-state index in [2.05, 4.69) is 27.7 Å². The quantitative estimate of drug-likeness (QED) is 0.839. The Hall–Kier alpha value is -0.960. The Labute approximate surface area is 115 Å². The average molecular weight is 269 g/mol. The number of nitrogens with two attached hydrogens (primary N) is 1. The number of hydrogen-bond donors (Lipinski definition) is 1. The molecule has 2 atom stereocenters. The number of halogens is 2. The Morgan fingerprint density at radius 3 is 2.26 bits per heavy atom. The molecule has 0 aliphatic rings. The maximum Gasteiger partial charge on any atom is 0.163 e. The minimum absolute atomic E-state index is 0.218. The molecule has 3 heteroatoms. The van der Waals surface area contributed by atoms with Crippen molar-refractivity contribution in [3.8, 4) is 0 Å². The molecule has 0 heterocycles. The first-order valence-corrected chi connectivity index (χ1v) is 6.82. The predicted molar refractivity (Wildman–Crippen MR) is 75.9 cm³/mol. The molecule has 1 aromatic carbocycles. The van der Waals surface area contributed by atoms with Crippen LogP contribution < -0.4 is 5.73 Å². The van der Waals surface area contributed by atoms with Gasteiger partial charge in [-0.3, -0.25) is 0 Å². The Kier molecular flexibility index (Phi) is 5.08. The first kappa shape index (κ1) is 16.1. The first-order valence-electron chi connectivity index (χ1n) is 6.82. The fourth-order valence-electron chi connectivity index (χ4n) is 2.64. The maximum atomic E-state index is 13.8. The fraction of sp³-hybridized carbons (Fsp3) is 0.625. The van der Waals surface area contributed by atoms with Crippen LogP contribution in [0.3, 0.4) is 0 Å². The van der Waals surface area contributed by atoms with Gasteiger partial charge in [0, 0.05) is 11.6 Å². The Morgan fingerprint density at radius 2 is 1.74 bits per heavy atom. The largest absolute Gasteiger partial charge is 0.324 e. The summed E-state index contributed by atoms with van der Waals surface area (Å²) in [5.74, 6) is -1.20. The van der Waals surface area contributed by atoms with E-state index in [0.29, 0.717) is 17.9 Å². The highest BCUT2D eigenvalue weighted by Gasteiger charge is 2.21. The van der Waals surface area contributed by atoms with Crippen LogP contribution in [0.15, 0.2) is 12.1 Å². The van der Waals surface area contributed by atoms with Crippen molar-refractivity contribution in [2.75, 3.05) is 0 Å². The smallest absolute Gasteiger partial charge is 0.163 e. The summed E-state index contributed by atoms with van der Waals surface area (Å²) < 4.78 is 27.4. The lowest BCUT2D eigenvalue weighted by Gasteiger charge is -2.25. The van der Waals surface area contributed by atoms with Crippen molar-refractivity contribution in [2.45, 2.75) is 53.5 Å². The molecule has 19 heavy (non-hydrogen) atoms. The second-order valence-corrected chi connectivity index (χ2v) is 6.81. The van der Waals surface area contributed by atoms with Crippen molar-refractivity contribution in [1.29, 1.82) is 0 Å². The lowest BCUT2D eigenvalue weighted by atomic mass is 9.82. The summed E-state index contributed by atoms with van der Waals surface area (Å²) in [5, 5.41) is 0. The van der Waals surface area contributed by atoms with E-state index in [4.69, 9.17) is 5.73 Å². The van der Waals surface area contributed by atoms with Crippen LogP contribution >= 0.6 is 0 Å². The van der Waals surface area contributed by atoms with Crippen LogP contribution in [-0.4, -0.2) is 0 Å². The Bertz CT molecular complexity index is 435. The molecule has 0 aromatic heterocycles. The van der Waals surface area contributed by atoms with Crippen LogP contribution in [0.1, 0.15) is 57.7 Å². The third-order valence-corrected chi connectivity index (χ3v) is 3.32. The molecule has 0 saturated carbocycles. The van der Waals surface area contributed by atoms with Gasteiger partial charge in [0.25, 0.3) is 0 Å². The van der Waals surface area contributed by atoms with Gasteiger partial charge in [0.2, 0.25) is 0 Å². The third-order valence-electron chi connectivity index (χ3n) is 3.32. The van der Waals surface area contributed by atoms with E-state index in [-0.39, 0.29) is 11.0 Å². The molecule has 0 fully saturated rings. The molecule has 0 radical (unpaired) electrons. The summed E-state index contributed by atoms with van der Waals surface area (Å²) in [6.07, 6.45) is 1.67. The highest BCUT2D eigenvalue weighted by atomic mass is 19.2. The zero-order valence-corrected chi connectivity index (χ0v) is 12.6. The zero-order chi connectivity index (χ0) is 14.8. The van der Waals surface area contributed by atoms with Gasteiger partial charge >= 0.3 is 0 Å². The molecule has 0 spiro atoms. The van der Waals surface area contributed by atoms with Crippen molar-refractivity contribution in [2.24, 2.45) is 17.1 Å². The minimum Gasteiger partial charge on any atom is -0.324 e. The van der Waals surface area contributed by atoms with E-state index in [0.717, 1.165) is 6.42 Å². The number of aryl methyl sites for hydroxylation is 1. The molecule has 0 aliphatic heterocycles. The van der Waals surface area contributed by atoms with Crippen LogP contribution in [0, 0.1) is 29.9 Å². The van der Waals surface area contributed by atoms with Gasteiger partial charge in [0.15, 0.2) is 11.6 Å². The van der Waals surface area contributed by atoms with Gasteiger partial charge < -0.3 is 5.73 Å². The third kappa shape index (κ3) is 4.57. The van der Waals surface area contributed by atoms with E-state index >= 15 is 0 Å². The van der Waals surface area contributed by atoms with Crippen LogP contribution in [0.25, 0.3) is 0 Å². The van der Waals surface area contributed by atoms with Crippen molar-refractivity contribution < 1.29 is 8.78 Å². The molecule has 0 bridgehead atoms. The Morgan fingerprint density at radius 1 is 1.16 bits per heavy atom. The molecule has 1 nitrogen and oxygen atoms in total. The number of hydrogen-bond acceptors (Lipinski definition) is 1. The Balaban J connectivity index is 2.79. The number of benzene rings is 1. The number of rotatable bonds is 4. The highest BCUT2D eigenvalue weighted by Crippen LogP contribution is 2.31. The summed E-state index contributed by atoms with van der Waals surface area (Å²) in [4.78, 5) is 0. The summed E-state index contributed by atoms with van der Waals surface area (Å²) in [6, 6.07) is 2.73.